The molecule has 1 aromatic carbocycles. The molecule has 25 heavy (non-hydrogen) atoms. The molecule has 0 amide bonds. The van der Waals surface area contributed by atoms with Crippen LogP contribution in [0.15, 0.2) is 35.5 Å². The van der Waals surface area contributed by atoms with Crippen LogP contribution in [-0.4, -0.2) is 48.6 Å². The van der Waals surface area contributed by atoms with Gasteiger partial charge in [-0.05, 0) is 31.2 Å². The molecule has 136 valence electrons. The number of hydrogen-bond donors (Lipinski definition) is 1. The minimum atomic E-state index is 0. The number of piperazine rings is 1. The second-order valence-electron chi connectivity index (χ2n) is 5.81. The zero-order valence-electron chi connectivity index (χ0n) is 14.2. The average Bonchev–Trinajstić information content (AvgIpc) is 3.01. The Bertz CT molecular complexity index is 695. The first-order valence-electron chi connectivity index (χ1n) is 8.08. The molecule has 3 rings (SSSR count). The van der Waals surface area contributed by atoms with Crippen LogP contribution < -0.4 is 10.6 Å². The molecule has 0 bridgehead atoms. The lowest BCUT2D eigenvalue weighted by atomic mass is 10.2. The van der Waals surface area contributed by atoms with E-state index in [9.17, 15) is 0 Å². The van der Waals surface area contributed by atoms with E-state index in [0.29, 0.717) is 12.5 Å². The van der Waals surface area contributed by atoms with Crippen molar-refractivity contribution in [3.63, 3.8) is 0 Å². The van der Waals surface area contributed by atoms with E-state index in [0.717, 1.165) is 42.6 Å². The van der Waals surface area contributed by atoms with Crippen LogP contribution in [0, 0.1) is 6.92 Å². The summed E-state index contributed by atoms with van der Waals surface area (Å²) in [7, 11) is 0. The highest BCUT2D eigenvalue weighted by Crippen LogP contribution is 2.19. The number of aromatic nitrogens is 1. The monoisotopic (exact) mass is 491 g/mol. The molecule has 0 aliphatic carbocycles. The van der Waals surface area contributed by atoms with Crippen molar-refractivity contribution < 1.29 is 0 Å². The first kappa shape index (κ1) is 20.3. The number of nitrogens with zero attached hydrogens (tertiary/aromatic N) is 4. The number of benzene rings is 1. The van der Waals surface area contributed by atoms with Gasteiger partial charge < -0.3 is 15.5 Å². The summed E-state index contributed by atoms with van der Waals surface area (Å²) in [6.07, 6.45) is 2.76. The average molecular weight is 492 g/mol. The molecule has 1 saturated heterocycles. The fourth-order valence-corrected chi connectivity index (χ4v) is 3.63. The number of nitrogens with two attached hydrogens (primary N) is 1. The van der Waals surface area contributed by atoms with E-state index >= 15 is 0 Å². The predicted octanol–water partition coefficient (Wildman–Crippen LogP) is 3.40. The maximum atomic E-state index is 6.14. The van der Waals surface area contributed by atoms with Crippen molar-refractivity contribution in [3.05, 3.63) is 45.4 Å². The molecule has 1 fully saturated rings. The summed E-state index contributed by atoms with van der Waals surface area (Å²) in [4.78, 5) is 14.6. The highest BCUT2D eigenvalue weighted by Gasteiger charge is 2.18. The number of anilines is 1. The van der Waals surface area contributed by atoms with Crippen LogP contribution >= 0.6 is 46.9 Å². The Hall–Kier alpha value is -1.06. The van der Waals surface area contributed by atoms with Crippen LogP contribution in [0.25, 0.3) is 0 Å². The number of halogens is 2. The van der Waals surface area contributed by atoms with Gasteiger partial charge in [-0.25, -0.2) is 4.98 Å². The van der Waals surface area contributed by atoms with E-state index in [-0.39, 0.29) is 24.0 Å². The normalized spacial score (nSPS) is 15.2. The highest BCUT2D eigenvalue weighted by atomic mass is 127. The van der Waals surface area contributed by atoms with Gasteiger partial charge in [-0.1, -0.05) is 11.6 Å². The zero-order chi connectivity index (χ0) is 16.9. The molecular formula is C17H23ClIN5S. The first-order chi connectivity index (χ1) is 11.6. The minimum Gasteiger partial charge on any atom is -0.370 e. The first-order valence-corrected chi connectivity index (χ1v) is 9.28. The molecule has 1 aliphatic rings. The Labute approximate surface area is 174 Å². The Kier molecular flexibility index (Phi) is 7.77. The van der Waals surface area contributed by atoms with E-state index in [4.69, 9.17) is 17.3 Å². The van der Waals surface area contributed by atoms with Gasteiger partial charge in [-0.15, -0.1) is 35.3 Å². The molecular weight excluding hydrogens is 469 g/mol. The van der Waals surface area contributed by atoms with Crippen molar-refractivity contribution in [2.75, 3.05) is 37.6 Å². The third kappa shape index (κ3) is 5.72. The van der Waals surface area contributed by atoms with Gasteiger partial charge in [0.15, 0.2) is 5.96 Å². The molecule has 2 heterocycles. The fourth-order valence-electron chi connectivity index (χ4n) is 2.73. The summed E-state index contributed by atoms with van der Waals surface area (Å²) in [6.45, 7) is 6.39. The van der Waals surface area contributed by atoms with Crippen LogP contribution in [0.3, 0.4) is 0 Å². The number of thiazole rings is 1. The summed E-state index contributed by atoms with van der Waals surface area (Å²) in [5.74, 6) is 0.638. The standard InChI is InChI=1S/C17H22ClN5S.HI/c1-13-12-21-16(24-13)6-7-20-17(19)23-10-8-22(9-11-23)15-4-2-14(18)3-5-15;/h2-5,12H,6-11H2,1H3,(H2,19,20);1H. The SMILES string of the molecule is Cc1cnc(CCN=C(N)N2CCN(c3ccc(Cl)cc3)CC2)s1.I. The topological polar surface area (TPSA) is 57.8 Å². The fraction of sp³-hybridized carbons (Fsp3) is 0.412. The Morgan fingerprint density at radius 3 is 2.52 bits per heavy atom. The summed E-state index contributed by atoms with van der Waals surface area (Å²) < 4.78 is 0. The van der Waals surface area contributed by atoms with Gasteiger partial charge in [0.1, 0.15) is 0 Å². The van der Waals surface area contributed by atoms with Crippen LogP contribution in [0.2, 0.25) is 5.02 Å². The quantitative estimate of drug-likeness (QED) is 0.405. The van der Waals surface area contributed by atoms with E-state index in [1.807, 2.05) is 18.3 Å². The summed E-state index contributed by atoms with van der Waals surface area (Å²) >= 11 is 7.67. The van der Waals surface area contributed by atoms with Gasteiger partial charge in [0.2, 0.25) is 0 Å². The number of aliphatic imine (C=N–C) groups is 1. The smallest absolute Gasteiger partial charge is 0.191 e. The van der Waals surface area contributed by atoms with Crippen molar-refractivity contribution in [2.45, 2.75) is 13.3 Å². The van der Waals surface area contributed by atoms with Crippen molar-refractivity contribution in [1.29, 1.82) is 0 Å². The molecule has 0 atom stereocenters. The van der Waals surface area contributed by atoms with Gasteiger partial charge >= 0.3 is 0 Å². The Morgan fingerprint density at radius 2 is 1.92 bits per heavy atom. The van der Waals surface area contributed by atoms with Crippen molar-refractivity contribution in [1.82, 2.24) is 9.88 Å². The molecule has 0 radical (unpaired) electrons. The van der Waals surface area contributed by atoms with Crippen LogP contribution in [0.5, 0.6) is 0 Å². The van der Waals surface area contributed by atoms with Crippen LogP contribution in [0.4, 0.5) is 5.69 Å². The van der Waals surface area contributed by atoms with Gasteiger partial charge in [0.25, 0.3) is 0 Å². The van der Waals surface area contributed by atoms with Gasteiger partial charge in [0.05, 0.1) is 5.01 Å². The predicted molar refractivity (Wildman–Crippen MR) is 118 cm³/mol. The van der Waals surface area contributed by atoms with E-state index in [1.165, 1.54) is 10.6 Å². The van der Waals surface area contributed by atoms with Crippen LogP contribution in [-0.2, 0) is 6.42 Å². The highest BCUT2D eigenvalue weighted by molar-refractivity contribution is 14.0. The molecule has 0 spiro atoms. The second-order valence-corrected chi connectivity index (χ2v) is 7.56. The molecule has 2 aromatic rings. The molecule has 0 saturated carbocycles. The van der Waals surface area contributed by atoms with E-state index in [2.05, 4.69) is 38.8 Å². The number of aryl methyl sites for hydroxylation is 1. The maximum absolute atomic E-state index is 6.14. The molecule has 8 heteroatoms. The third-order valence-corrected chi connectivity index (χ3v) is 5.29. The molecule has 1 aliphatic heterocycles. The maximum Gasteiger partial charge on any atom is 0.191 e. The zero-order valence-corrected chi connectivity index (χ0v) is 18.1. The van der Waals surface area contributed by atoms with E-state index < -0.39 is 0 Å². The molecule has 2 N–H and O–H groups in total. The van der Waals surface area contributed by atoms with Gasteiger partial charge in [-0.3, -0.25) is 4.99 Å². The third-order valence-electron chi connectivity index (χ3n) is 4.06. The Morgan fingerprint density at radius 1 is 1.24 bits per heavy atom. The van der Waals surface area contributed by atoms with E-state index in [1.54, 1.807) is 11.3 Å². The summed E-state index contributed by atoms with van der Waals surface area (Å²) in [5.41, 5.74) is 7.35. The lowest BCUT2D eigenvalue weighted by molar-refractivity contribution is 0.381. The van der Waals surface area contributed by atoms with Crippen molar-refractivity contribution in [2.24, 2.45) is 10.7 Å². The summed E-state index contributed by atoms with van der Waals surface area (Å²) in [5, 5.41) is 1.89. The lowest BCUT2D eigenvalue weighted by Crippen LogP contribution is -2.51. The summed E-state index contributed by atoms with van der Waals surface area (Å²) in [6, 6.07) is 7.98. The number of guanidine groups is 1. The largest absolute Gasteiger partial charge is 0.370 e. The number of rotatable bonds is 4. The molecule has 1 aromatic heterocycles. The van der Waals surface area contributed by atoms with Gasteiger partial charge in [0, 0.05) is 60.9 Å². The number of hydrogen-bond acceptors (Lipinski definition) is 4. The minimum absolute atomic E-state index is 0. The molecule has 5 nitrogen and oxygen atoms in total. The Balaban J connectivity index is 0.00000225. The molecule has 0 unspecified atom stereocenters. The van der Waals surface area contributed by atoms with Crippen molar-refractivity contribution in [3.8, 4) is 0 Å². The van der Waals surface area contributed by atoms with Gasteiger partial charge in [-0.2, -0.15) is 0 Å². The second kappa shape index (κ2) is 9.59. The van der Waals surface area contributed by atoms with Crippen LogP contribution in [0.1, 0.15) is 9.88 Å². The van der Waals surface area contributed by atoms with Crippen molar-refractivity contribution >= 4 is 58.6 Å². The lowest BCUT2D eigenvalue weighted by Gasteiger charge is -2.36.